The number of rotatable bonds is 3. The number of hydrogen-bond acceptors (Lipinski definition) is 3. The predicted octanol–water partition coefficient (Wildman–Crippen LogP) is 0.632. The van der Waals surface area contributed by atoms with E-state index in [0.29, 0.717) is 5.82 Å². The average molecular weight is 334 g/mol. The summed E-state index contributed by atoms with van der Waals surface area (Å²) in [6.45, 7) is 3.95. The molecule has 2 aromatic carbocycles. The van der Waals surface area contributed by atoms with Crippen molar-refractivity contribution in [3.63, 3.8) is 0 Å². The maximum absolute atomic E-state index is 12.1. The van der Waals surface area contributed by atoms with Crippen LogP contribution in [0.25, 0.3) is 10.9 Å². The third kappa shape index (κ3) is 3.98. The van der Waals surface area contributed by atoms with Gasteiger partial charge in [0.25, 0.3) is 11.7 Å². The summed E-state index contributed by atoms with van der Waals surface area (Å²) in [5.41, 5.74) is 9.70. The molecule has 1 aromatic heterocycles. The zero-order valence-electron chi connectivity index (χ0n) is 14.2. The molecule has 0 unspecified atom stereocenters. The number of carbonyl (C=O) groups is 1. The lowest BCUT2D eigenvalue weighted by Crippen LogP contribution is -2.75. The molecule has 0 radical (unpaired) electrons. The number of nitrogens with one attached hydrogen (secondary N) is 2. The van der Waals surface area contributed by atoms with Crippen molar-refractivity contribution < 1.29 is 9.79 Å². The Balaban J connectivity index is 1.78. The Labute approximate surface area is 145 Å². The first-order valence-corrected chi connectivity index (χ1v) is 8.00. The largest absolute Gasteiger partial charge is 0.312 e. The molecule has 0 atom stereocenters. The van der Waals surface area contributed by atoms with Crippen molar-refractivity contribution in [2.45, 2.75) is 20.3 Å². The van der Waals surface area contributed by atoms with Crippen LogP contribution in [0.5, 0.6) is 0 Å². The molecule has 0 spiro atoms. The SMILES string of the molecule is Cc1ccc2c(C)c([NH+]=C(N)NC(=O)Cc3ccccc3)nnc2c1. The molecule has 1 amide bonds. The van der Waals surface area contributed by atoms with Crippen molar-refractivity contribution in [1.82, 2.24) is 15.5 Å². The number of aryl methyl sites for hydroxylation is 2. The first-order valence-electron chi connectivity index (χ1n) is 8.00. The van der Waals surface area contributed by atoms with Crippen molar-refractivity contribution in [2.24, 2.45) is 5.73 Å². The van der Waals surface area contributed by atoms with Crippen LogP contribution in [-0.4, -0.2) is 22.1 Å². The third-order valence-electron chi connectivity index (χ3n) is 3.90. The number of amides is 1. The second kappa shape index (κ2) is 7.09. The molecule has 6 heteroatoms. The minimum atomic E-state index is -0.196. The molecule has 6 nitrogen and oxygen atoms in total. The van der Waals surface area contributed by atoms with E-state index in [9.17, 15) is 4.79 Å². The standard InChI is InChI=1S/C19H19N5O/c1-12-8-9-15-13(2)18(24-23-16(15)10-12)22-19(20)21-17(25)11-14-6-4-3-5-7-14/h3-10H,11H2,1-2H3,(H3,20,21,22,24,25)/p+1. The maximum atomic E-state index is 12.1. The fourth-order valence-electron chi connectivity index (χ4n) is 2.60. The fourth-order valence-corrected chi connectivity index (χ4v) is 2.60. The number of nitrogens with zero attached hydrogens (tertiary/aromatic N) is 2. The molecule has 0 fully saturated rings. The van der Waals surface area contributed by atoms with E-state index in [1.165, 1.54) is 0 Å². The minimum Gasteiger partial charge on any atom is -0.310 e. The van der Waals surface area contributed by atoms with Gasteiger partial charge in [0.05, 0.1) is 6.42 Å². The van der Waals surface area contributed by atoms with Crippen molar-refractivity contribution in [3.8, 4) is 0 Å². The van der Waals surface area contributed by atoms with Crippen molar-refractivity contribution in [1.29, 1.82) is 0 Å². The van der Waals surface area contributed by atoms with Gasteiger partial charge in [0.1, 0.15) is 5.52 Å². The van der Waals surface area contributed by atoms with Gasteiger partial charge in [-0.05, 0) is 36.1 Å². The van der Waals surface area contributed by atoms with Crippen LogP contribution in [0.2, 0.25) is 0 Å². The van der Waals surface area contributed by atoms with Crippen LogP contribution in [0.3, 0.4) is 0 Å². The normalized spacial score (nSPS) is 11.5. The molecule has 3 rings (SSSR count). The second-order valence-corrected chi connectivity index (χ2v) is 5.94. The topological polar surface area (TPSA) is 94.9 Å². The van der Waals surface area contributed by atoms with Gasteiger partial charge in [-0.1, -0.05) is 47.6 Å². The Hall–Kier alpha value is -3.28. The number of nitrogens with two attached hydrogens (primary N) is 1. The summed E-state index contributed by atoms with van der Waals surface area (Å²) in [4.78, 5) is 15.0. The van der Waals surface area contributed by atoms with E-state index >= 15 is 0 Å². The molecule has 0 saturated carbocycles. The predicted molar refractivity (Wildman–Crippen MR) is 97.1 cm³/mol. The molecule has 0 aliphatic carbocycles. The summed E-state index contributed by atoms with van der Waals surface area (Å²) in [7, 11) is 0. The van der Waals surface area contributed by atoms with Gasteiger partial charge >= 0.3 is 5.96 Å². The Bertz CT molecular complexity index is 951. The number of guanidine groups is 1. The van der Waals surface area contributed by atoms with E-state index in [4.69, 9.17) is 5.73 Å². The summed E-state index contributed by atoms with van der Waals surface area (Å²) in [5.74, 6) is 0.455. The highest BCUT2D eigenvalue weighted by molar-refractivity contribution is 5.94. The Kier molecular flexibility index (Phi) is 4.70. The van der Waals surface area contributed by atoms with E-state index in [1.54, 1.807) is 0 Å². The highest BCUT2D eigenvalue weighted by Crippen LogP contribution is 2.19. The molecule has 0 bridgehead atoms. The quantitative estimate of drug-likeness (QED) is 0.484. The molecule has 25 heavy (non-hydrogen) atoms. The van der Waals surface area contributed by atoms with Crippen molar-refractivity contribution in [3.05, 3.63) is 65.2 Å². The molecule has 126 valence electrons. The lowest BCUT2D eigenvalue weighted by atomic mass is 10.1. The number of benzene rings is 2. The monoisotopic (exact) mass is 334 g/mol. The first kappa shape index (κ1) is 16.6. The summed E-state index contributed by atoms with van der Waals surface area (Å²) in [6.07, 6.45) is 0.255. The highest BCUT2D eigenvalue weighted by Gasteiger charge is 2.12. The van der Waals surface area contributed by atoms with Crippen LogP contribution in [0.4, 0.5) is 5.82 Å². The molecule has 1 heterocycles. The van der Waals surface area contributed by atoms with E-state index in [0.717, 1.165) is 27.6 Å². The van der Waals surface area contributed by atoms with Crippen LogP contribution in [-0.2, 0) is 11.2 Å². The second-order valence-electron chi connectivity index (χ2n) is 5.94. The Morgan fingerprint density at radius 2 is 1.88 bits per heavy atom. The van der Waals surface area contributed by atoms with Crippen LogP contribution in [0, 0.1) is 13.8 Å². The Morgan fingerprint density at radius 3 is 2.64 bits per heavy atom. The molecule has 0 saturated heterocycles. The molecule has 0 aliphatic heterocycles. The highest BCUT2D eigenvalue weighted by atomic mass is 16.1. The van der Waals surface area contributed by atoms with Gasteiger partial charge < -0.3 is 5.73 Å². The van der Waals surface area contributed by atoms with Gasteiger partial charge in [-0.15, -0.1) is 0 Å². The van der Waals surface area contributed by atoms with Crippen molar-refractivity contribution >= 4 is 28.6 Å². The van der Waals surface area contributed by atoms with Crippen LogP contribution < -0.4 is 16.0 Å². The van der Waals surface area contributed by atoms with Gasteiger partial charge in [0.2, 0.25) is 0 Å². The lowest BCUT2D eigenvalue weighted by Gasteiger charge is -2.04. The van der Waals surface area contributed by atoms with Crippen LogP contribution in [0.15, 0.2) is 48.5 Å². The van der Waals surface area contributed by atoms with Gasteiger partial charge in [-0.3, -0.25) is 4.79 Å². The van der Waals surface area contributed by atoms with E-state index in [2.05, 4.69) is 20.5 Å². The van der Waals surface area contributed by atoms with Crippen LogP contribution in [0.1, 0.15) is 16.7 Å². The Morgan fingerprint density at radius 1 is 1.12 bits per heavy atom. The minimum absolute atomic E-state index is 0.129. The zero-order chi connectivity index (χ0) is 17.8. The number of carbonyl (C=O) groups excluding carboxylic acids is 1. The van der Waals surface area contributed by atoms with Gasteiger partial charge in [-0.2, -0.15) is 0 Å². The van der Waals surface area contributed by atoms with E-state index in [-0.39, 0.29) is 18.3 Å². The molecule has 0 aliphatic rings. The molecular formula is C19H20N5O+. The summed E-state index contributed by atoms with van der Waals surface area (Å²) in [5, 5.41) is 12.0. The maximum Gasteiger partial charge on any atom is 0.312 e. The fraction of sp³-hybridized carbons (Fsp3) is 0.158. The molecular weight excluding hydrogens is 314 g/mol. The molecule has 4 N–H and O–H groups in total. The number of aromatic nitrogens is 2. The van der Waals surface area contributed by atoms with E-state index in [1.807, 2.05) is 62.4 Å². The van der Waals surface area contributed by atoms with Crippen LogP contribution >= 0.6 is 0 Å². The summed E-state index contributed by atoms with van der Waals surface area (Å²) in [6, 6.07) is 15.5. The summed E-state index contributed by atoms with van der Waals surface area (Å²) >= 11 is 0. The number of hydrogen-bond donors (Lipinski definition) is 3. The lowest BCUT2D eigenvalue weighted by molar-refractivity contribution is -0.363. The summed E-state index contributed by atoms with van der Waals surface area (Å²) < 4.78 is 0. The van der Waals surface area contributed by atoms with Gasteiger partial charge in [0, 0.05) is 10.9 Å². The number of fused-ring (bicyclic) bond motifs is 1. The first-order chi connectivity index (χ1) is 12.0. The average Bonchev–Trinajstić information content (AvgIpc) is 2.58. The third-order valence-corrected chi connectivity index (χ3v) is 3.90. The molecule has 3 aromatic rings. The van der Waals surface area contributed by atoms with Gasteiger partial charge in [0.15, 0.2) is 0 Å². The smallest absolute Gasteiger partial charge is 0.310 e. The van der Waals surface area contributed by atoms with Crippen molar-refractivity contribution in [2.75, 3.05) is 0 Å². The zero-order valence-corrected chi connectivity index (χ0v) is 14.2. The van der Waals surface area contributed by atoms with E-state index < -0.39 is 0 Å². The van der Waals surface area contributed by atoms with Gasteiger partial charge in [-0.25, -0.2) is 10.3 Å².